The molecule has 1 heterocycles. The Kier molecular flexibility index (Phi) is 4.27. The van der Waals surface area contributed by atoms with Crippen LogP contribution in [0.4, 0.5) is 0 Å². The zero-order valence-corrected chi connectivity index (χ0v) is 13.7. The van der Waals surface area contributed by atoms with Gasteiger partial charge in [0.15, 0.2) is 0 Å². The average molecular weight is 302 g/mol. The van der Waals surface area contributed by atoms with Crippen LogP contribution in [0.5, 0.6) is 5.75 Å². The van der Waals surface area contributed by atoms with Gasteiger partial charge in [-0.05, 0) is 50.8 Å². The second kappa shape index (κ2) is 6.16. The summed E-state index contributed by atoms with van der Waals surface area (Å²) in [4.78, 5) is 5.96. The summed E-state index contributed by atoms with van der Waals surface area (Å²) < 4.78 is 5.94. The SMILES string of the molecule is Cc1cccc(OCc2nc(C)c(CNC3CC3)s2)c1C. The average Bonchev–Trinajstić information content (AvgIpc) is 3.22. The van der Waals surface area contributed by atoms with Gasteiger partial charge in [-0.1, -0.05) is 12.1 Å². The van der Waals surface area contributed by atoms with E-state index in [1.54, 1.807) is 11.3 Å². The second-order valence-electron chi connectivity index (χ2n) is 5.76. The minimum Gasteiger partial charge on any atom is -0.486 e. The Morgan fingerprint density at radius 1 is 1.29 bits per heavy atom. The predicted molar refractivity (Wildman–Crippen MR) is 87.0 cm³/mol. The van der Waals surface area contributed by atoms with Crippen molar-refractivity contribution in [2.24, 2.45) is 0 Å². The van der Waals surface area contributed by atoms with E-state index >= 15 is 0 Å². The van der Waals surface area contributed by atoms with E-state index in [4.69, 9.17) is 4.74 Å². The van der Waals surface area contributed by atoms with Crippen molar-refractivity contribution in [3.05, 3.63) is 44.9 Å². The molecule has 0 bridgehead atoms. The Bertz CT molecular complexity index is 632. The molecule has 0 amide bonds. The third kappa shape index (κ3) is 3.63. The maximum absolute atomic E-state index is 5.94. The fourth-order valence-corrected chi connectivity index (χ4v) is 3.19. The minimum atomic E-state index is 0.555. The normalized spacial score (nSPS) is 14.4. The fourth-order valence-electron chi connectivity index (χ4n) is 2.26. The van der Waals surface area contributed by atoms with Crippen molar-refractivity contribution in [2.75, 3.05) is 0 Å². The number of aryl methyl sites for hydroxylation is 2. The number of hydrogen-bond acceptors (Lipinski definition) is 4. The molecule has 0 saturated heterocycles. The second-order valence-corrected chi connectivity index (χ2v) is 6.93. The Morgan fingerprint density at radius 3 is 2.86 bits per heavy atom. The topological polar surface area (TPSA) is 34.1 Å². The van der Waals surface area contributed by atoms with Crippen molar-refractivity contribution >= 4 is 11.3 Å². The largest absolute Gasteiger partial charge is 0.486 e. The fraction of sp³-hybridized carbons (Fsp3) is 0.471. The zero-order chi connectivity index (χ0) is 14.8. The minimum absolute atomic E-state index is 0.555. The van der Waals surface area contributed by atoms with Gasteiger partial charge in [0.05, 0.1) is 5.69 Å². The molecule has 2 aromatic rings. The summed E-state index contributed by atoms with van der Waals surface area (Å²) in [5.41, 5.74) is 3.60. The molecule has 1 N–H and O–H groups in total. The molecular weight excluding hydrogens is 280 g/mol. The Hall–Kier alpha value is -1.39. The predicted octanol–water partition coefficient (Wildman–Crippen LogP) is 3.90. The lowest BCUT2D eigenvalue weighted by molar-refractivity contribution is 0.303. The highest BCUT2D eigenvalue weighted by Gasteiger charge is 2.21. The van der Waals surface area contributed by atoms with Crippen LogP contribution in [-0.2, 0) is 13.2 Å². The van der Waals surface area contributed by atoms with E-state index in [1.165, 1.54) is 28.8 Å². The van der Waals surface area contributed by atoms with Crippen LogP contribution in [0.3, 0.4) is 0 Å². The molecule has 112 valence electrons. The summed E-state index contributed by atoms with van der Waals surface area (Å²) in [5.74, 6) is 0.959. The Morgan fingerprint density at radius 2 is 2.10 bits per heavy atom. The summed E-state index contributed by atoms with van der Waals surface area (Å²) >= 11 is 1.76. The number of aromatic nitrogens is 1. The number of benzene rings is 1. The maximum atomic E-state index is 5.94. The lowest BCUT2D eigenvalue weighted by atomic mass is 10.1. The monoisotopic (exact) mass is 302 g/mol. The van der Waals surface area contributed by atoms with Gasteiger partial charge in [0.1, 0.15) is 17.4 Å². The van der Waals surface area contributed by atoms with Crippen LogP contribution in [0.15, 0.2) is 18.2 Å². The van der Waals surface area contributed by atoms with Gasteiger partial charge in [0, 0.05) is 17.5 Å². The molecule has 4 heteroatoms. The van der Waals surface area contributed by atoms with Crippen LogP contribution in [0.25, 0.3) is 0 Å². The molecule has 1 aliphatic carbocycles. The van der Waals surface area contributed by atoms with Crippen LogP contribution < -0.4 is 10.1 Å². The molecule has 1 fully saturated rings. The number of hydrogen-bond donors (Lipinski definition) is 1. The van der Waals surface area contributed by atoms with E-state index in [0.717, 1.165) is 29.0 Å². The van der Waals surface area contributed by atoms with Crippen molar-refractivity contribution in [1.82, 2.24) is 10.3 Å². The molecule has 0 aliphatic heterocycles. The molecule has 1 aromatic heterocycles. The number of nitrogens with zero attached hydrogens (tertiary/aromatic N) is 1. The summed E-state index contributed by atoms with van der Waals surface area (Å²) in [6.45, 7) is 7.79. The lowest BCUT2D eigenvalue weighted by Gasteiger charge is -2.09. The molecule has 0 spiro atoms. The first-order valence-electron chi connectivity index (χ1n) is 7.51. The van der Waals surface area contributed by atoms with E-state index in [2.05, 4.69) is 37.1 Å². The van der Waals surface area contributed by atoms with Crippen molar-refractivity contribution in [3.63, 3.8) is 0 Å². The van der Waals surface area contributed by atoms with Crippen molar-refractivity contribution < 1.29 is 4.74 Å². The third-order valence-corrected chi connectivity index (χ3v) is 5.10. The third-order valence-electron chi connectivity index (χ3n) is 3.97. The van der Waals surface area contributed by atoms with Gasteiger partial charge < -0.3 is 10.1 Å². The smallest absolute Gasteiger partial charge is 0.140 e. The van der Waals surface area contributed by atoms with E-state index in [9.17, 15) is 0 Å². The van der Waals surface area contributed by atoms with Crippen molar-refractivity contribution in [1.29, 1.82) is 0 Å². The number of rotatable bonds is 6. The van der Waals surface area contributed by atoms with E-state index in [1.807, 2.05) is 12.1 Å². The number of ether oxygens (including phenoxy) is 1. The van der Waals surface area contributed by atoms with Gasteiger partial charge in [-0.3, -0.25) is 0 Å². The molecule has 1 aliphatic rings. The first-order valence-corrected chi connectivity index (χ1v) is 8.32. The van der Waals surface area contributed by atoms with Crippen LogP contribution in [0.2, 0.25) is 0 Å². The van der Waals surface area contributed by atoms with Gasteiger partial charge in [0.25, 0.3) is 0 Å². The van der Waals surface area contributed by atoms with Gasteiger partial charge in [0.2, 0.25) is 0 Å². The molecule has 0 atom stereocenters. The van der Waals surface area contributed by atoms with Crippen LogP contribution in [0, 0.1) is 20.8 Å². The molecule has 21 heavy (non-hydrogen) atoms. The van der Waals surface area contributed by atoms with Crippen LogP contribution >= 0.6 is 11.3 Å². The summed E-state index contributed by atoms with van der Waals surface area (Å²) in [7, 11) is 0. The Labute approximate surface area is 130 Å². The highest BCUT2D eigenvalue weighted by atomic mass is 32.1. The van der Waals surface area contributed by atoms with Gasteiger partial charge in [-0.25, -0.2) is 4.98 Å². The molecular formula is C17H22N2OS. The number of nitrogens with one attached hydrogen (secondary N) is 1. The molecule has 3 rings (SSSR count). The van der Waals surface area contributed by atoms with Gasteiger partial charge in [-0.2, -0.15) is 0 Å². The quantitative estimate of drug-likeness (QED) is 0.879. The first kappa shape index (κ1) is 14.5. The highest BCUT2D eigenvalue weighted by Crippen LogP contribution is 2.25. The Balaban J connectivity index is 1.62. The lowest BCUT2D eigenvalue weighted by Crippen LogP contribution is -2.14. The number of thiazole rings is 1. The van der Waals surface area contributed by atoms with Gasteiger partial charge >= 0.3 is 0 Å². The highest BCUT2D eigenvalue weighted by molar-refractivity contribution is 7.11. The summed E-state index contributed by atoms with van der Waals surface area (Å²) in [5, 5.41) is 4.60. The molecule has 0 unspecified atom stereocenters. The van der Waals surface area contributed by atoms with Gasteiger partial charge in [-0.15, -0.1) is 11.3 Å². The van der Waals surface area contributed by atoms with Crippen LogP contribution in [0.1, 0.15) is 39.5 Å². The van der Waals surface area contributed by atoms with E-state index in [-0.39, 0.29) is 0 Å². The van der Waals surface area contributed by atoms with Crippen LogP contribution in [-0.4, -0.2) is 11.0 Å². The molecule has 3 nitrogen and oxygen atoms in total. The van der Waals surface area contributed by atoms with Crippen molar-refractivity contribution in [3.8, 4) is 5.75 Å². The molecule has 0 radical (unpaired) electrons. The van der Waals surface area contributed by atoms with E-state index < -0.39 is 0 Å². The first-order chi connectivity index (χ1) is 10.1. The summed E-state index contributed by atoms with van der Waals surface area (Å²) in [6, 6.07) is 6.91. The summed E-state index contributed by atoms with van der Waals surface area (Å²) in [6.07, 6.45) is 2.64. The van der Waals surface area contributed by atoms with Crippen molar-refractivity contribution in [2.45, 2.75) is 52.8 Å². The maximum Gasteiger partial charge on any atom is 0.140 e. The standard InChI is InChI=1S/C17H22N2OS/c1-11-5-4-6-15(12(11)2)20-10-17-19-13(3)16(21-17)9-18-14-7-8-14/h4-6,14,18H,7-10H2,1-3H3. The molecule has 1 aromatic carbocycles. The van der Waals surface area contributed by atoms with E-state index in [0.29, 0.717) is 6.61 Å². The molecule has 1 saturated carbocycles. The zero-order valence-electron chi connectivity index (χ0n) is 12.9.